The molecule has 2 unspecified atom stereocenters. The van der Waals surface area contributed by atoms with Gasteiger partial charge in [-0.2, -0.15) is 0 Å². The lowest BCUT2D eigenvalue weighted by molar-refractivity contribution is 0.484. The maximum atomic E-state index is 11.7. The third-order valence-corrected chi connectivity index (χ3v) is 6.21. The Balaban J connectivity index is 1.45. The van der Waals surface area contributed by atoms with Crippen molar-refractivity contribution >= 4 is 35.6 Å². The first-order valence-electron chi connectivity index (χ1n) is 10.2. The van der Waals surface area contributed by atoms with Crippen LogP contribution in [0.5, 0.6) is 0 Å². The molecule has 4 heterocycles. The summed E-state index contributed by atoms with van der Waals surface area (Å²) in [6, 6.07) is 13.6. The molecular weight excluding hydrogens is 425 g/mol. The first-order valence-corrected chi connectivity index (χ1v) is 12.5. The number of benzene rings is 1. The van der Waals surface area contributed by atoms with Crippen LogP contribution >= 0.6 is 7.37 Å². The first-order chi connectivity index (χ1) is 15.4. The van der Waals surface area contributed by atoms with Crippen LogP contribution in [-0.2, 0) is 17.3 Å². The van der Waals surface area contributed by atoms with Gasteiger partial charge in [-0.15, -0.1) is 5.10 Å². The second-order valence-corrected chi connectivity index (χ2v) is 10.5. The Morgan fingerprint density at radius 2 is 2.00 bits per heavy atom. The summed E-state index contributed by atoms with van der Waals surface area (Å²) in [6.45, 7) is 3.86. The van der Waals surface area contributed by atoms with Crippen molar-refractivity contribution in [2.75, 3.05) is 12.0 Å². The van der Waals surface area contributed by atoms with Crippen molar-refractivity contribution in [3.05, 3.63) is 71.7 Å². The van der Waals surface area contributed by atoms with E-state index in [-0.39, 0.29) is 12.2 Å². The van der Waals surface area contributed by atoms with Crippen molar-refractivity contribution < 1.29 is 9.46 Å². The third-order valence-electron chi connectivity index (χ3n) is 5.26. The average molecular weight is 447 g/mol. The highest BCUT2D eigenvalue weighted by Gasteiger charge is 2.25. The topological polar surface area (TPSA) is 118 Å². The van der Waals surface area contributed by atoms with Gasteiger partial charge in [0.1, 0.15) is 0 Å². The van der Waals surface area contributed by atoms with Crippen LogP contribution in [0, 0.1) is 0 Å². The highest BCUT2D eigenvalue weighted by molar-refractivity contribution is 7.56. The maximum absolute atomic E-state index is 11.7. The molecule has 0 spiro atoms. The fraction of sp³-hybridized carbons (Fsp3) is 0.227. The minimum absolute atomic E-state index is 0.0999. The van der Waals surface area contributed by atoms with Gasteiger partial charge in [0.05, 0.1) is 35.7 Å². The van der Waals surface area contributed by atoms with E-state index in [1.165, 1.54) is 6.66 Å². The molecule has 1 aliphatic rings. The zero-order valence-corrected chi connectivity index (χ0v) is 18.6. The number of nitrogens with zero attached hydrogens (tertiary/aromatic N) is 6. The van der Waals surface area contributed by atoms with Crippen molar-refractivity contribution in [3.8, 4) is 0 Å². The SMILES string of the molecule is CC1Nc2nnn(Cc3ccc4ncccc4c3)c2N=C1c1ccc(CP(C)(=O)O)cn1. The molecule has 0 saturated heterocycles. The average Bonchev–Trinajstić information content (AvgIpc) is 3.14. The Hall–Kier alpha value is -3.42. The molecule has 2 atom stereocenters. The monoisotopic (exact) mass is 447 g/mol. The molecule has 4 aromatic rings. The molecule has 9 nitrogen and oxygen atoms in total. The van der Waals surface area contributed by atoms with E-state index in [1.54, 1.807) is 17.1 Å². The van der Waals surface area contributed by atoms with Crippen LogP contribution in [0.25, 0.3) is 10.9 Å². The molecule has 0 amide bonds. The number of pyridine rings is 2. The lowest BCUT2D eigenvalue weighted by Gasteiger charge is -2.21. The normalized spacial score (nSPS) is 17.3. The predicted molar refractivity (Wildman–Crippen MR) is 124 cm³/mol. The van der Waals surface area contributed by atoms with Gasteiger partial charge in [-0.05, 0) is 42.3 Å². The molecular formula is C22H22N7O2P. The molecule has 0 saturated carbocycles. The van der Waals surface area contributed by atoms with E-state index in [9.17, 15) is 9.46 Å². The number of hydrogen-bond donors (Lipinski definition) is 2. The smallest absolute Gasteiger partial charge is 0.201 e. The summed E-state index contributed by atoms with van der Waals surface area (Å²) in [6.07, 6.45) is 3.51. The summed E-state index contributed by atoms with van der Waals surface area (Å²) in [7, 11) is -3.14. The van der Waals surface area contributed by atoms with E-state index in [1.807, 2.05) is 43.3 Å². The van der Waals surface area contributed by atoms with Crippen LogP contribution in [0.4, 0.5) is 11.6 Å². The van der Waals surface area contributed by atoms with Crippen molar-refractivity contribution in [3.63, 3.8) is 0 Å². The fourth-order valence-electron chi connectivity index (χ4n) is 3.79. The highest BCUT2D eigenvalue weighted by Crippen LogP contribution is 2.39. The van der Waals surface area contributed by atoms with Gasteiger partial charge in [0.25, 0.3) is 0 Å². The number of aliphatic imine (C=N–C) groups is 1. The Bertz CT molecular complexity index is 1370. The molecule has 2 N–H and O–H groups in total. The minimum atomic E-state index is -3.14. The van der Waals surface area contributed by atoms with Gasteiger partial charge in [-0.25, -0.2) is 9.67 Å². The zero-order valence-electron chi connectivity index (χ0n) is 17.7. The molecule has 32 heavy (non-hydrogen) atoms. The summed E-state index contributed by atoms with van der Waals surface area (Å²) in [5.41, 5.74) is 4.20. The predicted octanol–water partition coefficient (Wildman–Crippen LogP) is 3.60. The molecule has 5 rings (SSSR count). The van der Waals surface area contributed by atoms with Crippen molar-refractivity contribution in [1.29, 1.82) is 0 Å². The minimum Gasteiger partial charge on any atom is -0.357 e. The van der Waals surface area contributed by atoms with Crippen LogP contribution in [0.2, 0.25) is 0 Å². The van der Waals surface area contributed by atoms with Gasteiger partial charge in [-0.1, -0.05) is 23.4 Å². The van der Waals surface area contributed by atoms with E-state index in [0.717, 1.165) is 27.7 Å². The number of hydrogen-bond acceptors (Lipinski definition) is 7. The Morgan fingerprint density at radius 3 is 2.78 bits per heavy atom. The molecule has 0 fully saturated rings. The molecule has 162 valence electrons. The number of nitrogens with one attached hydrogen (secondary N) is 1. The van der Waals surface area contributed by atoms with Gasteiger partial charge in [0.2, 0.25) is 7.37 Å². The van der Waals surface area contributed by atoms with Gasteiger partial charge in [0, 0.05) is 24.4 Å². The number of fused-ring (bicyclic) bond motifs is 2. The number of aromatic nitrogens is 5. The molecule has 0 bridgehead atoms. The summed E-state index contributed by atoms with van der Waals surface area (Å²) in [5, 5.41) is 12.9. The van der Waals surface area contributed by atoms with Crippen molar-refractivity contribution in [2.45, 2.75) is 25.7 Å². The second kappa shape index (κ2) is 7.93. The van der Waals surface area contributed by atoms with Crippen LogP contribution in [0.3, 0.4) is 0 Å². The van der Waals surface area contributed by atoms with Crippen molar-refractivity contribution in [2.24, 2.45) is 4.99 Å². The maximum Gasteiger partial charge on any atom is 0.201 e. The lowest BCUT2D eigenvalue weighted by atomic mass is 10.1. The summed E-state index contributed by atoms with van der Waals surface area (Å²) >= 11 is 0. The van der Waals surface area contributed by atoms with E-state index < -0.39 is 7.37 Å². The quantitative estimate of drug-likeness (QED) is 0.449. The lowest BCUT2D eigenvalue weighted by Crippen LogP contribution is -2.30. The molecule has 1 aliphatic heterocycles. The Morgan fingerprint density at radius 1 is 1.16 bits per heavy atom. The second-order valence-electron chi connectivity index (χ2n) is 8.07. The van der Waals surface area contributed by atoms with Crippen LogP contribution in [0.1, 0.15) is 23.7 Å². The first kappa shape index (κ1) is 20.5. The molecule has 0 radical (unpaired) electrons. The summed E-state index contributed by atoms with van der Waals surface area (Å²) in [4.78, 5) is 23.3. The summed E-state index contributed by atoms with van der Waals surface area (Å²) < 4.78 is 13.4. The Labute approximate surface area is 184 Å². The fourth-order valence-corrected chi connectivity index (χ4v) is 4.65. The Kier molecular flexibility index (Phi) is 5.07. The molecule has 10 heteroatoms. The van der Waals surface area contributed by atoms with E-state index in [0.29, 0.717) is 23.9 Å². The van der Waals surface area contributed by atoms with Crippen LogP contribution in [-0.4, -0.2) is 48.3 Å². The van der Waals surface area contributed by atoms with E-state index >= 15 is 0 Å². The van der Waals surface area contributed by atoms with Crippen LogP contribution in [0.15, 0.2) is 59.9 Å². The molecule has 3 aromatic heterocycles. The van der Waals surface area contributed by atoms with Gasteiger partial charge in [-0.3, -0.25) is 14.5 Å². The molecule has 1 aromatic carbocycles. The van der Waals surface area contributed by atoms with E-state index in [4.69, 9.17) is 4.99 Å². The standard InChI is InChI=1S/C22H22N7O2P/c1-14-20(19-8-6-16(11-24-19)13-32(2,30)31)26-22-21(25-14)27-28-29(22)12-15-5-7-18-17(10-15)4-3-9-23-18/h3-11,14,25H,12-13H2,1-2H3,(H,30,31). The van der Waals surface area contributed by atoms with Gasteiger partial charge in [0.15, 0.2) is 11.6 Å². The van der Waals surface area contributed by atoms with Gasteiger partial charge < -0.3 is 10.2 Å². The van der Waals surface area contributed by atoms with Crippen molar-refractivity contribution in [1.82, 2.24) is 25.0 Å². The van der Waals surface area contributed by atoms with Crippen LogP contribution < -0.4 is 5.32 Å². The zero-order chi connectivity index (χ0) is 22.3. The largest absolute Gasteiger partial charge is 0.357 e. The molecule has 0 aliphatic carbocycles. The van der Waals surface area contributed by atoms with Gasteiger partial charge >= 0.3 is 0 Å². The number of rotatable bonds is 5. The number of anilines is 1. The third kappa shape index (κ3) is 4.17. The summed E-state index contributed by atoms with van der Waals surface area (Å²) in [5.74, 6) is 1.27. The highest BCUT2D eigenvalue weighted by atomic mass is 31.2. The van der Waals surface area contributed by atoms with E-state index in [2.05, 4.69) is 31.7 Å².